The van der Waals surface area contributed by atoms with Gasteiger partial charge in [0.2, 0.25) is 5.91 Å². The topological polar surface area (TPSA) is 52.9 Å². The number of amides is 1. The van der Waals surface area contributed by atoms with Crippen molar-refractivity contribution < 1.29 is 4.79 Å². The van der Waals surface area contributed by atoms with Crippen LogP contribution < -0.4 is 5.32 Å². The molecule has 0 spiro atoms. The maximum Gasteiger partial charge on any atom is 0.234 e. The van der Waals surface area contributed by atoms with Gasteiger partial charge in [-0.1, -0.05) is 13.3 Å². The number of nitrogens with one attached hydrogen (secondary N) is 1. The molecular weight excluding hydrogens is 152 g/mol. The Labute approximate surface area is 72.8 Å². The van der Waals surface area contributed by atoms with E-state index in [1.54, 1.807) is 0 Å². The summed E-state index contributed by atoms with van der Waals surface area (Å²) in [6, 6.07) is 2.16. The Morgan fingerprint density at radius 3 is 2.92 bits per heavy atom. The molecule has 0 aromatic heterocycles. The van der Waals surface area contributed by atoms with Crippen LogP contribution in [0.15, 0.2) is 0 Å². The summed E-state index contributed by atoms with van der Waals surface area (Å²) in [5.41, 5.74) is 0. The van der Waals surface area contributed by atoms with Crippen molar-refractivity contribution in [1.82, 2.24) is 5.32 Å². The molecule has 2 unspecified atom stereocenters. The van der Waals surface area contributed by atoms with Gasteiger partial charge in [-0.15, -0.1) is 0 Å². The van der Waals surface area contributed by atoms with Crippen molar-refractivity contribution in [3.05, 3.63) is 0 Å². The fraction of sp³-hybridized carbons (Fsp3) is 0.778. The molecule has 0 bridgehead atoms. The number of nitriles is 1. The maximum absolute atomic E-state index is 11.0. The maximum atomic E-state index is 11.0. The Kier molecular flexibility index (Phi) is 3.09. The molecule has 66 valence electrons. The third-order valence-electron chi connectivity index (χ3n) is 2.45. The van der Waals surface area contributed by atoms with E-state index in [-0.39, 0.29) is 12.3 Å². The van der Waals surface area contributed by atoms with Crippen LogP contribution in [0.1, 0.15) is 32.6 Å². The van der Waals surface area contributed by atoms with Gasteiger partial charge < -0.3 is 5.32 Å². The molecule has 0 aliphatic heterocycles. The smallest absolute Gasteiger partial charge is 0.234 e. The van der Waals surface area contributed by atoms with E-state index in [2.05, 4.69) is 12.2 Å². The standard InChI is InChI=1S/C9H14N2O/c1-7-3-2-4-8(7)11-9(12)5-6-10/h7-8H,2-5H2,1H3,(H,11,12). The van der Waals surface area contributed by atoms with Gasteiger partial charge in [0.25, 0.3) is 0 Å². The molecule has 1 rings (SSSR count). The van der Waals surface area contributed by atoms with Crippen molar-refractivity contribution in [3.8, 4) is 6.07 Å². The van der Waals surface area contributed by atoms with E-state index in [0.29, 0.717) is 12.0 Å². The number of rotatable bonds is 2. The van der Waals surface area contributed by atoms with E-state index in [9.17, 15) is 4.79 Å². The van der Waals surface area contributed by atoms with Gasteiger partial charge in [-0.3, -0.25) is 4.79 Å². The fourth-order valence-electron chi connectivity index (χ4n) is 1.69. The molecule has 0 aromatic rings. The van der Waals surface area contributed by atoms with Gasteiger partial charge in [0, 0.05) is 6.04 Å². The molecule has 1 N–H and O–H groups in total. The number of carbonyl (C=O) groups excluding carboxylic acids is 1. The lowest BCUT2D eigenvalue weighted by molar-refractivity contribution is -0.121. The van der Waals surface area contributed by atoms with E-state index in [1.807, 2.05) is 6.07 Å². The highest BCUT2D eigenvalue weighted by Crippen LogP contribution is 2.24. The first-order chi connectivity index (χ1) is 5.74. The predicted molar refractivity (Wildman–Crippen MR) is 45.2 cm³/mol. The zero-order valence-corrected chi connectivity index (χ0v) is 7.34. The zero-order chi connectivity index (χ0) is 8.97. The summed E-state index contributed by atoms with van der Waals surface area (Å²) < 4.78 is 0. The van der Waals surface area contributed by atoms with Crippen molar-refractivity contribution in [3.63, 3.8) is 0 Å². The lowest BCUT2D eigenvalue weighted by Gasteiger charge is -2.15. The van der Waals surface area contributed by atoms with Crippen molar-refractivity contribution >= 4 is 5.91 Å². The minimum absolute atomic E-state index is 0.0107. The number of hydrogen-bond donors (Lipinski definition) is 1. The molecule has 12 heavy (non-hydrogen) atoms. The zero-order valence-electron chi connectivity index (χ0n) is 7.34. The average molecular weight is 166 g/mol. The molecule has 0 heterocycles. The molecule has 1 amide bonds. The first-order valence-electron chi connectivity index (χ1n) is 4.40. The minimum atomic E-state index is -0.128. The number of carbonyl (C=O) groups is 1. The van der Waals surface area contributed by atoms with Crippen molar-refractivity contribution in [2.45, 2.75) is 38.6 Å². The molecule has 1 aliphatic rings. The van der Waals surface area contributed by atoms with Crippen molar-refractivity contribution in [2.24, 2.45) is 5.92 Å². The van der Waals surface area contributed by atoms with Crippen LogP contribution in [0.25, 0.3) is 0 Å². The van der Waals surface area contributed by atoms with Gasteiger partial charge in [-0.05, 0) is 18.8 Å². The third-order valence-corrected chi connectivity index (χ3v) is 2.45. The van der Waals surface area contributed by atoms with E-state index < -0.39 is 0 Å². The summed E-state index contributed by atoms with van der Waals surface area (Å²) in [6.07, 6.45) is 3.44. The predicted octanol–water partition coefficient (Wildman–Crippen LogP) is 1.20. The molecule has 1 fully saturated rings. The van der Waals surface area contributed by atoms with Gasteiger partial charge in [0.05, 0.1) is 6.07 Å². The molecule has 2 atom stereocenters. The van der Waals surface area contributed by atoms with E-state index in [1.165, 1.54) is 12.8 Å². The van der Waals surface area contributed by atoms with Gasteiger partial charge >= 0.3 is 0 Å². The van der Waals surface area contributed by atoms with Crippen LogP contribution in [0.2, 0.25) is 0 Å². The van der Waals surface area contributed by atoms with Gasteiger partial charge in [-0.2, -0.15) is 5.26 Å². The molecule has 3 nitrogen and oxygen atoms in total. The summed E-state index contributed by atoms with van der Waals surface area (Å²) in [7, 11) is 0. The highest BCUT2D eigenvalue weighted by molar-refractivity contribution is 5.78. The molecule has 0 radical (unpaired) electrons. The molecule has 0 saturated heterocycles. The number of nitrogens with zero attached hydrogens (tertiary/aromatic N) is 1. The molecule has 3 heteroatoms. The largest absolute Gasteiger partial charge is 0.352 e. The lowest BCUT2D eigenvalue weighted by Crippen LogP contribution is -2.35. The summed E-state index contributed by atoms with van der Waals surface area (Å²) >= 11 is 0. The van der Waals surface area contributed by atoms with Crippen LogP contribution in [0.5, 0.6) is 0 Å². The van der Waals surface area contributed by atoms with Crippen LogP contribution in [0, 0.1) is 17.2 Å². The summed E-state index contributed by atoms with van der Waals surface area (Å²) in [4.78, 5) is 11.0. The third kappa shape index (κ3) is 2.23. The highest BCUT2D eigenvalue weighted by atomic mass is 16.1. The fourth-order valence-corrected chi connectivity index (χ4v) is 1.69. The van der Waals surface area contributed by atoms with Crippen LogP contribution >= 0.6 is 0 Å². The minimum Gasteiger partial charge on any atom is -0.352 e. The summed E-state index contributed by atoms with van der Waals surface area (Å²) in [5, 5.41) is 11.1. The van der Waals surface area contributed by atoms with E-state index in [0.717, 1.165) is 6.42 Å². The SMILES string of the molecule is CC1CCCC1NC(=O)CC#N. The molecule has 1 saturated carbocycles. The Hall–Kier alpha value is -1.04. The van der Waals surface area contributed by atoms with Crippen LogP contribution in [0.3, 0.4) is 0 Å². The molecule has 0 aromatic carbocycles. The van der Waals surface area contributed by atoms with Gasteiger partial charge in [0.15, 0.2) is 0 Å². The van der Waals surface area contributed by atoms with Gasteiger partial charge in [-0.25, -0.2) is 0 Å². The highest BCUT2D eigenvalue weighted by Gasteiger charge is 2.24. The first kappa shape index (κ1) is 9.05. The lowest BCUT2D eigenvalue weighted by atomic mass is 10.1. The quantitative estimate of drug-likeness (QED) is 0.670. The Bertz CT molecular complexity index is 207. The summed E-state index contributed by atoms with van der Waals surface area (Å²) in [6.45, 7) is 2.14. The van der Waals surface area contributed by atoms with Crippen molar-refractivity contribution in [1.29, 1.82) is 5.26 Å². The second-order valence-electron chi connectivity index (χ2n) is 3.42. The second-order valence-corrected chi connectivity index (χ2v) is 3.42. The summed E-state index contributed by atoms with van der Waals surface area (Å²) in [5.74, 6) is 0.448. The first-order valence-corrected chi connectivity index (χ1v) is 4.40. The average Bonchev–Trinajstić information content (AvgIpc) is 2.37. The Morgan fingerprint density at radius 2 is 2.42 bits per heavy atom. The molecular formula is C9H14N2O. The normalized spacial score (nSPS) is 28.0. The monoisotopic (exact) mass is 166 g/mol. The molecule has 1 aliphatic carbocycles. The van der Waals surface area contributed by atoms with Crippen molar-refractivity contribution in [2.75, 3.05) is 0 Å². The van der Waals surface area contributed by atoms with E-state index in [4.69, 9.17) is 5.26 Å². The Balaban J connectivity index is 2.31. The second kappa shape index (κ2) is 4.10. The van der Waals surface area contributed by atoms with Crippen LogP contribution in [-0.2, 0) is 4.79 Å². The number of hydrogen-bond acceptors (Lipinski definition) is 2. The van der Waals surface area contributed by atoms with Gasteiger partial charge in [0.1, 0.15) is 6.42 Å². The van der Waals surface area contributed by atoms with Crippen LogP contribution in [-0.4, -0.2) is 11.9 Å². The van der Waals surface area contributed by atoms with E-state index >= 15 is 0 Å². The Morgan fingerprint density at radius 1 is 1.67 bits per heavy atom. The van der Waals surface area contributed by atoms with Crippen LogP contribution in [0.4, 0.5) is 0 Å².